The lowest BCUT2D eigenvalue weighted by atomic mass is 9.73. The van der Waals surface area contributed by atoms with Crippen LogP contribution in [0, 0.1) is 11.8 Å². The molecule has 6 nitrogen and oxygen atoms in total. The van der Waals surface area contributed by atoms with Crippen LogP contribution >= 0.6 is 0 Å². The van der Waals surface area contributed by atoms with Crippen molar-refractivity contribution in [1.29, 1.82) is 0 Å². The number of hydrogen-bond donors (Lipinski definition) is 1. The Morgan fingerprint density at radius 3 is 2.73 bits per heavy atom. The van der Waals surface area contributed by atoms with E-state index < -0.39 is 0 Å². The molecule has 1 N–H and O–H groups in total. The maximum Gasteiger partial charge on any atom is 0.290 e. The van der Waals surface area contributed by atoms with E-state index in [4.69, 9.17) is 14.6 Å². The Labute approximate surface area is 154 Å². The highest BCUT2D eigenvalue weighted by Crippen LogP contribution is 2.54. The third-order valence-electron chi connectivity index (χ3n) is 5.91. The van der Waals surface area contributed by atoms with E-state index in [2.05, 4.69) is 23.9 Å². The van der Waals surface area contributed by atoms with Crippen molar-refractivity contribution in [3.05, 3.63) is 35.9 Å². The molecule has 0 aliphatic carbocycles. The van der Waals surface area contributed by atoms with Gasteiger partial charge in [0.15, 0.2) is 0 Å². The quantitative estimate of drug-likeness (QED) is 0.824. The molecule has 3 aliphatic heterocycles. The zero-order valence-electron chi connectivity index (χ0n) is 15.5. The van der Waals surface area contributed by atoms with Crippen molar-refractivity contribution in [2.75, 3.05) is 33.7 Å². The highest BCUT2D eigenvalue weighted by Gasteiger charge is 2.63. The highest BCUT2D eigenvalue weighted by atomic mass is 16.5. The smallest absolute Gasteiger partial charge is 0.290 e. The van der Waals surface area contributed by atoms with Crippen LogP contribution in [0.15, 0.2) is 30.3 Å². The normalized spacial score (nSPS) is 31.5. The third-order valence-corrected chi connectivity index (χ3v) is 5.91. The van der Waals surface area contributed by atoms with Crippen molar-refractivity contribution >= 4 is 12.4 Å². The average Bonchev–Trinajstić information content (AvgIpc) is 3.26. The van der Waals surface area contributed by atoms with Gasteiger partial charge in [0.25, 0.3) is 6.47 Å². The average molecular weight is 360 g/mol. The van der Waals surface area contributed by atoms with Gasteiger partial charge in [-0.3, -0.25) is 9.59 Å². The van der Waals surface area contributed by atoms with Crippen molar-refractivity contribution in [3.8, 4) is 0 Å². The van der Waals surface area contributed by atoms with Crippen LogP contribution in [0.3, 0.4) is 0 Å². The van der Waals surface area contributed by atoms with Crippen LogP contribution < -0.4 is 0 Å². The summed E-state index contributed by atoms with van der Waals surface area (Å²) in [5.74, 6) is 1.34. The fourth-order valence-corrected chi connectivity index (χ4v) is 4.93. The molecule has 3 fully saturated rings. The van der Waals surface area contributed by atoms with Crippen LogP contribution in [0.2, 0.25) is 0 Å². The van der Waals surface area contributed by atoms with Gasteiger partial charge in [0, 0.05) is 24.9 Å². The molecule has 2 bridgehead atoms. The Kier molecular flexibility index (Phi) is 5.63. The summed E-state index contributed by atoms with van der Waals surface area (Å²) < 4.78 is 6.41. The Morgan fingerprint density at radius 1 is 1.38 bits per heavy atom. The molecular weight excluding hydrogens is 332 g/mol. The first-order valence-electron chi connectivity index (χ1n) is 9.21. The Morgan fingerprint density at radius 2 is 2.08 bits per heavy atom. The minimum atomic E-state index is -0.250. The van der Waals surface area contributed by atoms with Crippen LogP contribution in [0.1, 0.15) is 18.4 Å². The highest BCUT2D eigenvalue weighted by molar-refractivity contribution is 5.79. The first-order valence-corrected chi connectivity index (χ1v) is 9.21. The summed E-state index contributed by atoms with van der Waals surface area (Å²) in [5.41, 5.74) is 1.06. The molecule has 142 valence electrons. The SMILES string of the molecule is CN(C)C[C@H]1[C@H]2CN(C(=O)Cc3ccccc3)C[C@]23CC[C@H]1O3.O=CO. The molecule has 0 saturated carbocycles. The molecule has 1 amide bonds. The molecule has 1 aromatic carbocycles. The largest absolute Gasteiger partial charge is 0.483 e. The second kappa shape index (κ2) is 7.76. The summed E-state index contributed by atoms with van der Waals surface area (Å²) in [6.07, 6.45) is 3.21. The fraction of sp³-hybridized carbons (Fsp3) is 0.600. The van der Waals surface area contributed by atoms with Crippen LogP contribution in [-0.2, 0) is 20.7 Å². The second-order valence-corrected chi connectivity index (χ2v) is 7.83. The lowest BCUT2D eigenvalue weighted by Crippen LogP contribution is -2.40. The van der Waals surface area contributed by atoms with Gasteiger partial charge in [-0.05, 0) is 32.5 Å². The van der Waals surface area contributed by atoms with Gasteiger partial charge in [-0.1, -0.05) is 30.3 Å². The van der Waals surface area contributed by atoms with Crippen LogP contribution in [0.4, 0.5) is 0 Å². The zero-order chi connectivity index (χ0) is 18.7. The van der Waals surface area contributed by atoms with Crippen molar-refractivity contribution in [2.45, 2.75) is 31.0 Å². The number of amides is 1. The van der Waals surface area contributed by atoms with Crippen LogP contribution in [-0.4, -0.2) is 72.7 Å². The van der Waals surface area contributed by atoms with E-state index in [0.29, 0.717) is 24.4 Å². The molecule has 0 unspecified atom stereocenters. The first-order chi connectivity index (χ1) is 12.5. The van der Waals surface area contributed by atoms with Crippen molar-refractivity contribution in [1.82, 2.24) is 9.80 Å². The van der Waals surface area contributed by atoms with E-state index in [0.717, 1.165) is 38.0 Å². The van der Waals surface area contributed by atoms with E-state index in [1.165, 1.54) is 0 Å². The second-order valence-electron chi connectivity index (χ2n) is 7.83. The van der Waals surface area contributed by atoms with Gasteiger partial charge < -0.3 is 19.6 Å². The van der Waals surface area contributed by atoms with Crippen molar-refractivity contribution < 1.29 is 19.4 Å². The topological polar surface area (TPSA) is 70.1 Å². The molecule has 3 heterocycles. The Hall–Kier alpha value is -1.92. The minimum absolute atomic E-state index is 0.0440. The van der Waals surface area contributed by atoms with E-state index in [-0.39, 0.29) is 18.0 Å². The molecule has 0 aromatic heterocycles. The summed E-state index contributed by atoms with van der Waals surface area (Å²) in [4.78, 5) is 25.4. The molecular formula is C20H28N2O4. The van der Waals surface area contributed by atoms with E-state index in [9.17, 15) is 4.79 Å². The number of carbonyl (C=O) groups excluding carboxylic acids is 1. The van der Waals surface area contributed by atoms with Gasteiger partial charge in [-0.15, -0.1) is 0 Å². The molecule has 6 heteroatoms. The van der Waals surface area contributed by atoms with E-state index in [1.54, 1.807) is 0 Å². The standard InChI is InChI=1S/C19H26N2O2.CH2O2/c1-20(2)11-15-16-12-21(13-19(16)9-8-17(15)23-19)18(22)10-14-6-4-3-5-7-14;2-1-3/h3-7,15-17H,8-13H2,1-2H3;1H,(H,2,3)/t15-,16+,17+,19+;/m0./s1. The number of nitrogens with zero attached hydrogens (tertiary/aromatic N) is 2. The van der Waals surface area contributed by atoms with Gasteiger partial charge in [-0.2, -0.15) is 0 Å². The van der Waals surface area contributed by atoms with Gasteiger partial charge in [0.2, 0.25) is 5.91 Å². The molecule has 1 aromatic rings. The number of hydrogen-bond acceptors (Lipinski definition) is 4. The number of likely N-dealkylation sites (tertiary alicyclic amines) is 1. The summed E-state index contributed by atoms with van der Waals surface area (Å²) in [5, 5.41) is 6.89. The maximum absolute atomic E-state index is 12.7. The van der Waals surface area contributed by atoms with E-state index >= 15 is 0 Å². The number of carbonyl (C=O) groups is 2. The Balaban J connectivity index is 0.000000613. The predicted molar refractivity (Wildman–Crippen MR) is 97.8 cm³/mol. The Bertz CT molecular complexity index is 636. The number of fused-ring (bicyclic) bond motifs is 1. The summed E-state index contributed by atoms with van der Waals surface area (Å²) in [7, 11) is 4.26. The maximum atomic E-state index is 12.7. The molecule has 3 saturated heterocycles. The molecule has 26 heavy (non-hydrogen) atoms. The summed E-state index contributed by atoms with van der Waals surface area (Å²) in [6.45, 7) is 2.49. The van der Waals surface area contributed by atoms with Gasteiger partial charge in [0.05, 0.1) is 24.7 Å². The minimum Gasteiger partial charge on any atom is -0.483 e. The van der Waals surface area contributed by atoms with Crippen LogP contribution in [0.25, 0.3) is 0 Å². The number of ether oxygens (including phenoxy) is 1. The lowest BCUT2D eigenvalue weighted by molar-refractivity contribution is -0.131. The van der Waals surface area contributed by atoms with Crippen LogP contribution in [0.5, 0.6) is 0 Å². The van der Waals surface area contributed by atoms with Gasteiger partial charge in [-0.25, -0.2) is 0 Å². The molecule has 0 radical (unpaired) electrons. The molecule has 4 rings (SSSR count). The number of carboxylic acid groups (broad SMARTS) is 1. The zero-order valence-corrected chi connectivity index (χ0v) is 15.5. The lowest BCUT2D eigenvalue weighted by Gasteiger charge is -2.30. The van der Waals surface area contributed by atoms with Crippen molar-refractivity contribution in [3.63, 3.8) is 0 Å². The van der Waals surface area contributed by atoms with Gasteiger partial charge >= 0.3 is 0 Å². The molecule has 4 atom stereocenters. The third kappa shape index (κ3) is 3.62. The summed E-state index contributed by atoms with van der Waals surface area (Å²) >= 11 is 0. The molecule has 3 aliphatic rings. The fourth-order valence-electron chi connectivity index (χ4n) is 4.93. The molecule has 1 spiro atoms. The number of rotatable bonds is 4. The summed E-state index contributed by atoms with van der Waals surface area (Å²) in [6, 6.07) is 10.1. The van der Waals surface area contributed by atoms with E-state index in [1.807, 2.05) is 30.3 Å². The van der Waals surface area contributed by atoms with Crippen molar-refractivity contribution in [2.24, 2.45) is 11.8 Å². The first kappa shape index (κ1) is 18.9. The number of benzene rings is 1. The monoisotopic (exact) mass is 360 g/mol. The predicted octanol–water partition coefficient (Wildman–Crippen LogP) is 1.50. The van der Waals surface area contributed by atoms with Gasteiger partial charge in [0.1, 0.15) is 0 Å².